The standard InChI is InChI=1S/C31H28N4O7/c1-38-22-8-4-19(5-9-22)24-16-25(21-7-11-26(39-2)28(15-21)40-3)35(33-24)31(37)17-34-30(36)13-10-23(32-34)20-6-12-27-29(14-20)42-18-41-27/h4-15,25H,16-18H2,1-3H3. The first-order valence-electron chi connectivity index (χ1n) is 13.2. The minimum Gasteiger partial charge on any atom is -0.497 e. The van der Waals surface area contributed by atoms with Gasteiger partial charge in [0.1, 0.15) is 12.3 Å². The van der Waals surface area contributed by atoms with E-state index in [0.717, 1.165) is 32.8 Å². The zero-order chi connectivity index (χ0) is 29.2. The Morgan fingerprint density at radius 2 is 1.62 bits per heavy atom. The fraction of sp³-hybridized carbons (Fsp3) is 0.226. The first-order valence-corrected chi connectivity index (χ1v) is 13.2. The van der Waals surface area contributed by atoms with Crippen LogP contribution in [0.4, 0.5) is 0 Å². The molecule has 0 bridgehead atoms. The summed E-state index contributed by atoms with van der Waals surface area (Å²) in [6.07, 6.45) is 0.452. The van der Waals surface area contributed by atoms with Crippen molar-refractivity contribution in [3.05, 3.63) is 94.3 Å². The van der Waals surface area contributed by atoms with E-state index in [1.54, 1.807) is 45.6 Å². The van der Waals surface area contributed by atoms with E-state index in [1.165, 1.54) is 11.1 Å². The lowest BCUT2D eigenvalue weighted by molar-refractivity contribution is -0.133. The zero-order valence-electron chi connectivity index (χ0n) is 23.3. The third-order valence-electron chi connectivity index (χ3n) is 7.20. The van der Waals surface area contributed by atoms with E-state index in [1.807, 2.05) is 42.5 Å². The average Bonchev–Trinajstić information content (AvgIpc) is 3.69. The van der Waals surface area contributed by atoms with Crippen LogP contribution in [0.2, 0.25) is 0 Å². The number of rotatable bonds is 8. The molecule has 0 aliphatic carbocycles. The molecule has 1 atom stereocenters. The molecule has 11 heteroatoms. The van der Waals surface area contributed by atoms with Gasteiger partial charge in [-0.15, -0.1) is 0 Å². The lowest BCUT2D eigenvalue weighted by Crippen LogP contribution is -2.35. The van der Waals surface area contributed by atoms with Crippen molar-refractivity contribution in [2.75, 3.05) is 28.1 Å². The maximum atomic E-state index is 13.8. The predicted molar refractivity (Wildman–Crippen MR) is 153 cm³/mol. The van der Waals surface area contributed by atoms with Crippen molar-refractivity contribution >= 4 is 11.6 Å². The highest BCUT2D eigenvalue weighted by Crippen LogP contribution is 2.38. The van der Waals surface area contributed by atoms with E-state index in [0.29, 0.717) is 35.1 Å². The first-order chi connectivity index (χ1) is 20.5. The minimum atomic E-state index is -0.442. The van der Waals surface area contributed by atoms with Crippen molar-refractivity contribution in [1.82, 2.24) is 14.8 Å². The van der Waals surface area contributed by atoms with Gasteiger partial charge in [-0.05, 0) is 71.8 Å². The van der Waals surface area contributed by atoms with Crippen molar-refractivity contribution in [2.45, 2.75) is 19.0 Å². The number of nitrogens with zero attached hydrogens (tertiary/aromatic N) is 4. The molecule has 214 valence electrons. The molecule has 11 nitrogen and oxygen atoms in total. The number of hydrogen-bond acceptors (Lipinski definition) is 9. The molecule has 2 aliphatic rings. The summed E-state index contributed by atoms with van der Waals surface area (Å²) in [4.78, 5) is 26.6. The van der Waals surface area contributed by atoms with Gasteiger partial charge in [-0.2, -0.15) is 10.2 Å². The van der Waals surface area contributed by atoms with Crippen LogP contribution in [0.1, 0.15) is 23.6 Å². The molecule has 0 fully saturated rings. The van der Waals surface area contributed by atoms with E-state index in [2.05, 4.69) is 5.10 Å². The number of ether oxygens (including phenoxy) is 5. The van der Waals surface area contributed by atoms with Crippen molar-refractivity contribution in [3.63, 3.8) is 0 Å². The van der Waals surface area contributed by atoms with Gasteiger partial charge in [0.15, 0.2) is 23.0 Å². The number of aromatic nitrogens is 2. The molecule has 1 aromatic heterocycles. The number of amides is 1. The van der Waals surface area contributed by atoms with Crippen LogP contribution in [0.5, 0.6) is 28.7 Å². The van der Waals surface area contributed by atoms with Crippen LogP contribution in [-0.4, -0.2) is 54.5 Å². The number of carbonyl (C=O) groups is 1. The van der Waals surface area contributed by atoms with Gasteiger partial charge in [0.05, 0.1) is 38.8 Å². The van der Waals surface area contributed by atoms with Crippen LogP contribution in [0.25, 0.3) is 11.3 Å². The Hall–Kier alpha value is -5.32. The Morgan fingerprint density at radius 3 is 2.38 bits per heavy atom. The lowest BCUT2D eigenvalue weighted by atomic mass is 9.98. The largest absolute Gasteiger partial charge is 0.497 e. The second-order valence-electron chi connectivity index (χ2n) is 9.63. The molecule has 0 saturated heterocycles. The normalized spacial score (nSPS) is 15.4. The van der Waals surface area contributed by atoms with Gasteiger partial charge in [-0.25, -0.2) is 9.69 Å². The molecule has 0 radical (unpaired) electrons. The number of hydrogen-bond donors (Lipinski definition) is 0. The molecule has 3 heterocycles. The quantitative estimate of drug-likeness (QED) is 0.313. The highest BCUT2D eigenvalue weighted by molar-refractivity contribution is 6.03. The minimum absolute atomic E-state index is 0.149. The topological polar surface area (TPSA) is 114 Å². The van der Waals surface area contributed by atoms with Crippen molar-refractivity contribution in [3.8, 4) is 40.0 Å². The summed E-state index contributed by atoms with van der Waals surface area (Å²) in [5.74, 6) is 2.67. The molecule has 0 spiro atoms. The Morgan fingerprint density at radius 1 is 0.857 bits per heavy atom. The number of methoxy groups -OCH3 is 3. The smallest absolute Gasteiger partial charge is 0.267 e. The fourth-order valence-electron chi connectivity index (χ4n) is 4.99. The third kappa shape index (κ3) is 5.12. The van der Waals surface area contributed by atoms with E-state index in [4.69, 9.17) is 28.8 Å². The monoisotopic (exact) mass is 568 g/mol. The van der Waals surface area contributed by atoms with Gasteiger partial charge in [-0.3, -0.25) is 9.59 Å². The summed E-state index contributed by atoms with van der Waals surface area (Å²) in [6, 6.07) is 21.0. The zero-order valence-corrected chi connectivity index (χ0v) is 23.3. The van der Waals surface area contributed by atoms with Crippen LogP contribution in [0.15, 0.2) is 82.7 Å². The molecular weight excluding hydrogens is 540 g/mol. The van der Waals surface area contributed by atoms with Crippen molar-refractivity contribution in [2.24, 2.45) is 5.10 Å². The third-order valence-corrected chi connectivity index (χ3v) is 7.20. The maximum absolute atomic E-state index is 13.8. The Labute approximate surface area is 241 Å². The van der Waals surface area contributed by atoms with Crippen LogP contribution >= 0.6 is 0 Å². The Balaban J connectivity index is 1.33. The van der Waals surface area contributed by atoms with E-state index in [-0.39, 0.29) is 13.3 Å². The van der Waals surface area contributed by atoms with Gasteiger partial charge < -0.3 is 23.7 Å². The first kappa shape index (κ1) is 26.9. The highest BCUT2D eigenvalue weighted by Gasteiger charge is 2.34. The summed E-state index contributed by atoms with van der Waals surface area (Å²) in [7, 11) is 4.73. The second kappa shape index (κ2) is 11.3. The second-order valence-corrected chi connectivity index (χ2v) is 9.63. The van der Waals surface area contributed by atoms with E-state index in [9.17, 15) is 9.59 Å². The fourth-order valence-corrected chi connectivity index (χ4v) is 4.99. The molecule has 1 amide bonds. The molecule has 1 unspecified atom stereocenters. The average molecular weight is 569 g/mol. The highest BCUT2D eigenvalue weighted by atomic mass is 16.7. The van der Waals surface area contributed by atoms with Crippen LogP contribution in [0, 0.1) is 0 Å². The van der Waals surface area contributed by atoms with Gasteiger partial charge in [-0.1, -0.05) is 6.07 Å². The van der Waals surface area contributed by atoms with Crippen LogP contribution in [-0.2, 0) is 11.3 Å². The molecule has 0 saturated carbocycles. The molecule has 6 rings (SSSR count). The molecule has 0 N–H and O–H groups in total. The summed E-state index contributed by atoms with van der Waals surface area (Å²) in [5.41, 5.74) is 3.22. The van der Waals surface area contributed by atoms with Crippen molar-refractivity contribution < 1.29 is 28.5 Å². The number of carbonyl (C=O) groups excluding carboxylic acids is 1. The molecule has 2 aliphatic heterocycles. The van der Waals surface area contributed by atoms with Crippen LogP contribution < -0.4 is 29.2 Å². The Kier molecular flexibility index (Phi) is 7.22. The summed E-state index contributed by atoms with van der Waals surface area (Å²) >= 11 is 0. The summed E-state index contributed by atoms with van der Waals surface area (Å²) in [5, 5.41) is 10.6. The summed E-state index contributed by atoms with van der Waals surface area (Å²) in [6.45, 7) is -0.156. The number of hydrazone groups is 1. The van der Waals surface area contributed by atoms with Crippen LogP contribution in [0.3, 0.4) is 0 Å². The Bertz CT molecular complexity index is 1730. The molecule has 42 heavy (non-hydrogen) atoms. The number of fused-ring (bicyclic) bond motifs is 1. The summed E-state index contributed by atoms with van der Waals surface area (Å²) < 4.78 is 28.2. The maximum Gasteiger partial charge on any atom is 0.267 e. The predicted octanol–water partition coefficient (Wildman–Crippen LogP) is 4.04. The number of benzene rings is 3. The molecule has 3 aromatic carbocycles. The van der Waals surface area contributed by atoms with Gasteiger partial charge in [0, 0.05) is 18.1 Å². The molecular formula is C31H28N4O7. The SMILES string of the molecule is COc1ccc(C2=NN(C(=O)Cn3nc(-c4ccc5c(c4)OCO5)ccc3=O)C(c3ccc(OC)c(OC)c3)C2)cc1. The van der Waals surface area contributed by atoms with Gasteiger partial charge in [0.25, 0.3) is 11.5 Å². The van der Waals surface area contributed by atoms with Gasteiger partial charge >= 0.3 is 0 Å². The van der Waals surface area contributed by atoms with E-state index >= 15 is 0 Å². The van der Waals surface area contributed by atoms with Gasteiger partial charge in [0.2, 0.25) is 6.79 Å². The van der Waals surface area contributed by atoms with E-state index < -0.39 is 17.5 Å². The molecule has 4 aromatic rings. The lowest BCUT2D eigenvalue weighted by Gasteiger charge is -2.23. The van der Waals surface area contributed by atoms with Crippen molar-refractivity contribution in [1.29, 1.82) is 0 Å².